The van der Waals surface area contributed by atoms with Gasteiger partial charge in [0.05, 0.1) is 5.60 Å². The summed E-state index contributed by atoms with van der Waals surface area (Å²) in [5, 5.41) is 11.2. The van der Waals surface area contributed by atoms with Gasteiger partial charge in [-0.3, -0.25) is 0 Å². The number of benzene rings is 1. The van der Waals surface area contributed by atoms with Gasteiger partial charge in [0.2, 0.25) is 0 Å². The van der Waals surface area contributed by atoms with Crippen molar-refractivity contribution in [2.45, 2.75) is 52.1 Å². The predicted molar refractivity (Wildman–Crippen MR) is 74.3 cm³/mol. The van der Waals surface area contributed by atoms with Crippen molar-refractivity contribution in [2.75, 3.05) is 0 Å². The number of rotatable bonds is 2. The molecule has 2 bridgehead atoms. The molecular formula is C17H24O. The largest absolute Gasteiger partial charge is 0.389 e. The summed E-state index contributed by atoms with van der Waals surface area (Å²) in [6.45, 7) is 7.02. The van der Waals surface area contributed by atoms with Crippen LogP contribution in [0.1, 0.15) is 45.6 Å². The second-order valence-electron chi connectivity index (χ2n) is 7.19. The zero-order valence-corrected chi connectivity index (χ0v) is 11.7. The quantitative estimate of drug-likeness (QED) is 0.839. The molecule has 2 aliphatic rings. The number of hydrogen-bond acceptors (Lipinski definition) is 1. The van der Waals surface area contributed by atoms with E-state index in [2.05, 4.69) is 45.0 Å². The van der Waals surface area contributed by atoms with Crippen LogP contribution in [0.4, 0.5) is 0 Å². The fraction of sp³-hybridized carbons (Fsp3) is 0.647. The lowest BCUT2D eigenvalue weighted by atomic mass is 9.63. The first-order valence-corrected chi connectivity index (χ1v) is 7.15. The Kier molecular flexibility index (Phi) is 2.45. The van der Waals surface area contributed by atoms with E-state index in [0.29, 0.717) is 5.92 Å². The minimum atomic E-state index is -0.513. The molecule has 1 N–H and O–H groups in total. The highest BCUT2D eigenvalue weighted by molar-refractivity contribution is 5.24. The van der Waals surface area contributed by atoms with E-state index in [1.807, 2.05) is 6.07 Å². The van der Waals surface area contributed by atoms with Crippen molar-refractivity contribution in [3.8, 4) is 0 Å². The van der Waals surface area contributed by atoms with Crippen molar-refractivity contribution in [1.29, 1.82) is 0 Å². The molecule has 1 heteroatoms. The summed E-state index contributed by atoms with van der Waals surface area (Å²) in [4.78, 5) is 0. The Morgan fingerprint density at radius 2 is 1.83 bits per heavy atom. The van der Waals surface area contributed by atoms with Crippen LogP contribution in [0.25, 0.3) is 0 Å². The Bertz CT molecular complexity index is 450. The normalized spacial score (nSPS) is 41.2. The van der Waals surface area contributed by atoms with Crippen molar-refractivity contribution >= 4 is 0 Å². The molecule has 18 heavy (non-hydrogen) atoms. The van der Waals surface area contributed by atoms with Gasteiger partial charge in [0, 0.05) is 11.8 Å². The van der Waals surface area contributed by atoms with E-state index in [0.717, 1.165) is 12.8 Å². The molecule has 0 heterocycles. The van der Waals surface area contributed by atoms with Crippen LogP contribution in [-0.2, 0) is 6.42 Å². The lowest BCUT2D eigenvalue weighted by molar-refractivity contribution is -0.0885. The van der Waals surface area contributed by atoms with Gasteiger partial charge in [-0.15, -0.1) is 0 Å². The van der Waals surface area contributed by atoms with E-state index in [-0.39, 0.29) is 10.8 Å². The molecular weight excluding hydrogens is 220 g/mol. The van der Waals surface area contributed by atoms with Gasteiger partial charge < -0.3 is 5.11 Å². The summed E-state index contributed by atoms with van der Waals surface area (Å²) < 4.78 is 0. The summed E-state index contributed by atoms with van der Waals surface area (Å²) in [6, 6.07) is 10.5. The van der Waals surface area contributed by atoms with Gasteiger partial charge in [0.1, 0.15) is 0 Å². The smallest absolute Gasteiger partial charge is 0.0749 e. The van der Waals surface area contributed by atoms with E-state index in [9.17, 15) is 5.11 Å². The number of fused-ring (bicyclic) bond motifs is 2. The molecule has 98 valence electrons. The maximum absolute atomic E-state index is 11.2. The van der Waals surface area contributed by atoms with Crippen molar-refractivity contribution < 1.29 is 5.11 Å². The van der Waals surface area contributed by atoms with Crippen LogP contribution >= 0.6 is 0 Å². The van der Waals surface area contributed by atoms with Crippen LogP contribution in [0.5, 0.6) is 0 Å². The third kappa shape index (κ3) is 1.37. The SMILES string of the molecule is CC1(C)C2CCC1(C)C(O)(Cc1ccccc1)C2. The van der Waals surface area contributed by atoms with E-state index in [1.54, 1.807) is 0 Å². The van der Waals surface area contributed by atoms with E-state index in [1.165, 1.54) is 18.4 Å². The molecule has 1 nitrogen and oxygen atoms in total. The van der Waals surface area contributed by atoms with Crippen molar-refractivity contribution in [2.24, 2.45) is 16.7 Å². The van der Waals surface area contributed by atoms with Gasteiger partial charge >= 0.3 is 0 Å². The van der Waals surface area contributed by atoms with Crippen LogP contribution < -0.4 is 0 Å². The maximum atomic E-state index is 11.2. The molecule has 1 aromatic carbocycles. The van der Waals surface area contributed by atoms with E-state index in [4.69, 9.17) is 0 Å². The minimum absolute atomic E-state index is 0.0699. The first kappa shape index (κ1) is 12.2. The fourth-order valence-electron chi connectivity index (χ4n) is 4.62. The molecule has 3 atom stereocenters. The molecule has 0 aromatic heterocycles. The third-order valence-electron chi connectivity index (χ3n) is 6.39. The molecule has 3 rings (SSSR count). The van der Waals surface area contributed by atoms with Crippen molar-refractivity contribution in [1.82, 2.24) is 0 Å². The maximum Gasteiger partial charge on any atom is 0.0749 e. The van der Waals surface area contributed by atoms with Gasteiger partial charge in [0.25, 0.3) is 0 Å². The highest BCUT2D eigenvalue weighted by Crippen LogP contribution is 2.70. The Morgan fingerprint density at radius 3 is 2.33 bits per heavy atom. The molecule has 0 radical (unpaired) electrons. The van der Waals surface area contributed by atoms with Crippen LogP contribution in [0, 0.1) is 16.7 Å². The van der Waals surface area contributed by atoms with Gasteiger partial charge in [-0.05, 0) is 36.2 Å². The van der Waals surface area contributed by atoms with Crippen LogP contribution in [0.15, 0.2) is 30.3 Å². The Labute approximate surface area is 110 Å². The fourth-order valence-corrected chi connectivity index (χ4v) is 4.62. The molecule has 3 unspecified atom stereocenters. The summed E-state index contributed by atoms with van der Waals surface area (Å²) >= 11 is 0. The topological polar surface area (TPSA) is 20.2 Å². The van der Waals surface area contributed by atoms with Crippen molar-refractivity contribution in [3.05, 3.63) is 35.9 Å². The molecule has 1 aromatic rings. The van der Waals surface area contributed by atoms with Crippen molar-refractivity contribution in [3.63, 3.8) is 0 Å². The van der Waals surface area contributed by atoms with Crippen LogP contribution in [-0.4, -0.2) is 10.7 Å². The molecule has 0 saturated heterocycles. The monoisotopic (exact) mass is 244 g/mol. The summed E-state index contributed by atoms with van der Waals surface area (Å²) in [5.41, 5.74) is 1.10. The molecule has 2 saturated carbocycles. The molecule has 2 aliphatic carbocycles. The standard InChI is InChI=1S/C17H24O/c1-15(2)14-9-10-16(15,3)17(18,12-14)11-13-7-5-4-6-8-13/h4-8,14,18H,9-12H2,1-3H3. The molecule has 0 amide bonds. The Balaban J connectivity index is 1.93. The molecule has 0 aliphatic heterocycles. The number of aliphatic hydroxyl groups is 1. The predicted octanol–water partition coefficient (Wildman–Crippen LogP) is 3.81. The Morgan fingerprint density at radius 1 is 1.17 bits per heavy atom. The Hall–Kier alpha value is -0.820. The summed E-state index contributed by atoms with van der Waals surface area (Å²) in [5.74, 6) is 0.691. The van der Waals surface area contributed by atoms with Gasteiger partial charge in [-0.2, -0.15) is 0 Å². The summed E-state index contributed by atoms with van der Waals surface area (Å²) in [7, 11) is 0. The lowest BCUT2D eigenvalue weighted by Gasteiger charge is -2.45. The van der Waals surface area contributed by atoms with Crippen LogP contribution in [0.2, 0.25) is 0 Å². The summed E-state index contributed by atoms with van der Waals surface area (Å²) in [6.07, 6.45) is 4.25. The average Bonchev–Trinajstić information content (AvgIpc) is 2.62. The molecule has 2 fully saturated rings. The minimum Gasteiger partial charge on any atom is -0.389 e. The van der Waals surface area contributed by atoms with E-state index < -0.39 is 5.60 Å². The third-order valence-corrected chi connectivity index (χ3v) is 6.39. The van der Waals surface area contributed by atoms with Gasteiger partial charge in [0.15, 0.2) is 0 Å². The first-order valence-electron chi connectivity index (χ1n) is 7.15. The van der Waals surface area contributed by atoms with Gasteiger partial charge in [-0.1, -0.05) is 51.1 Å². The van der Waals surface area contributed by atoms with Gasteiger partial charge in [-0.25, -0.2) is 0 Å². The number of hydrogen-bond donors (Lipinski definition) is 1. The zero-order chi connectivity index (χ0) is 13.0. The van der Waals surface area contributed by atoms with Crippen LogP contribution in [0.3, 0.4) is 0 Å². The highest BCUT2D eigenvalue weighted by atomic mass is 16.3. The molecule has 0 spiro atoms. The first-order chi connectivity index (χ1) is 8.39. The zero-order valence-electron chi connectivity index (χ0n) is 11.7. The highest BCUT2D eigenvalue weighted by Gasteiger charge is 2.67. The van der Waals surface area contributed by atoms with E-state index >= 15 is 0 Å². The average molecular weight is 244 g/mol. The lowest BCUT2D eigenvalue weighted by Crippen LogP contribution is -2.48. The second-order valence-corrected chi connectivity index (χ2v) is 7.19. The second kappa shape index (κ2) is 3.60.